The van der Waals surface area contributed by atoms with E-state index in [1.165, 1.54) is 17.0 Å². The summed E-state index contributed by atoms with van der Waals surface area (Å²) in [6.07, 6.45) is 0.401. The lowest BCUT2D eigenvalue weighted by atomic mass is 10.0. The number of piperidine rings is 1. The number of carbonyl (C=O) groups is 4. The van der Waals surface area contributed by atoms with Gasteiger partial charge < -0.3 is 10.0 Å². The van der Waals surface area contributed by atoms with Crippen molar-refractivity contribution in [1.82, 2.24) is 10.2 Å². The van der Waals surface area contributed by atoms with Crippen LogP contribution in [0.15, 0.2) is 12.1 Å². The molecular weight excluding hydrogens is 312 g/mol. The Morgan fingerprint density at radius 3 is 2.68 bits per heavy atom. The van der Waals surface area contributed by atoms with E-state index in [0.717, 1.165) is 0 Å². The molecule has 7 nitrogen and oxygen atoms in total. The van der Waals surface area contributed by atoms with E-state index in [9.17, 15) is 19.2 Å². The Bertz CT molecular complexity index is 730. The number of nitrogens with one attached hydrogen (secondary N) is 1. The number of hydrogen-bond donors (Lipinski definition) is 2. The number of amides is 3. The van der Waals surface area contributed by atoms with Gasteiger partial charge in [0, 0.05) is 13.0 Å². The monoisotopic (exact) mass is 322 g/mol. The summed E-state index contributed by atoms with van der Waals surface area (Å²) in [4.78, 5) is 48.0. The van der Waals surface area contributed by atoms with Crippen LogP contribution < -0.4 is 5.32 Å². The van der Waals surface area contributed by atoms with Gasteiger partial charge in [-0.1, -0.05) is 17.7 Å². The third-order valence-corrected chi connectivity index (χ3v) is 4.25. The Balaban J connectivity index is 1.95. The van der Waals surface area contributed by atoms with Crippen molar-refractivity contribution in [2.24, 2.45) is 0 Å². The molecule has 0 spiro atoms. The van der Waals surface area contributed by atoms with E-state index in [2.05, 4.69) is 5.32 Å². The highest BCUT2D eigenvalue weighted by molar-refractivity contribution is 6.37. The first-order chi connectivity index (χ1) is 10.4. The Labute approximate surface area is 129 Å². The number of carbonyl (C=O) groups excluding carboxylic acids is 3. The first-order valence-electron chi connectivity index (χ1n) is 6.59. The second-order valence-corrected chi connectivity index (χ2v) is 5.54. The molecule has 0 radical (unpaired) electrons. The summed E-state index contributed by atoms with van der Waals surface area (Å²) >= 11 is 6.02. The van der Waals surface area contributed by atoms with E-state index in [0.29, 0.717) is 5.56 Å². The Morgan fingerprint density at radius 1 is 1.32 bits per heavy atom. The number of rotatable bonds is 2. The minimum absolute atomic E-state index is 0.117. The lowest BCUT2D eigenvalue weighted by Gasteiger charge is -2.29. The molecule has 0 saturated carbocycles. The van der Waals surface area contributed by atoms with Gasteiger partial charge in [-0.05, 0) is 18.1 Å². The molecule has 1 aromatic rings. The second kappa shape index (κ2) is 5.10. The van der Waals surface area contributed by atoms with Crippen molar-refractivity contribution in [1.29, 1.82) is 0 Å². The van der Waals surface area contributed by atoms with Crippen molar-refractivity contribution in [3.8, 4) is 0 Å². The summed E-state index contributed by atoms with van der Waals surface area (Å²) in [6, 6.07) is 2.11. The predicted octanol–water partition coefficient (Wildman–Crippen LogP) is 0.799. The molecule has 2 aliphatic rings. The highest BCUT2D eigenvalue weighted by atomic mass is 35.5. The minimum atomic E-state index is -1.22. The molecule has 1 fully saturated rings. The molecule has 2 heterocycles. The van der Waals surface area contributed by atoms with E-state index in [4.69, 9.17) is 16.7 Å². The summed E-state index contributed by atoms with van der Waals surface area (Å²) in [7, 11) is 0. The highest BCUT2D eigenvalue weighted by Crippen LogP contribution is 2.34. The van der Waals surface area contributed by atoms with Crippen LogP contribution in [0.3, 0.4) is 0 Å². The van der Waals surface area contributed by atoms with Gasteiger partial charge in [0.05, 0.1) is 16.1 Å². The largest absolute Gasteiger partial charge is 0.478 e. The number of hydrogen-bond acceptors (Lipinski definition) is 4. The van der Waals surface area contributed by atoms with Crippen LogP contribution in [-0.2, 0) is 16.1 Å². The fraction of sp³-hybridized carbons (Fsp3) is 0.286. The minimum Gasteiger partial charge on any atom is -0.478 e. The lowest BCUT2D eigenvalue weighted by molar-refractivity contribution is -0.136. The van der Waals surface area contributed by atoms with Crippen molar-refractivity contribution in [3.05, 3.63) is 33.8 Å². The van der Waals surface area contributed by atoms with Crippen LogP contribution in [0.1, 0.15) is 39.1 Å². The molecule has 1 aromatic carbocycles. The molecular formula is C14H11ClN2O5. The number of carboxylic acid groups (broad SMARTS) is 1. The normalized spacial score (nSPS) is 20.9. The quantitative estimate of drug-likeness (QED) is 0.784. The van der Waals surface area contributed by atoms with Gasteiger partial charge >= 0.3 is 5.97 Å². The topological polar surface area (TPSA) is 104 Å². The molecule has 0 aromatic heterocycles. The molecule has 2 N–H and O–H groups in total. The van der Waals surface area contributed by atoms with Gasteiger partial charge in [-0.25, -0.2) is 4.79 Å². The zero-order valence-electron chi connectivity index (χ0n) is 11.3. The fourth-order valence-electron chi connectivity index (χ4n) is 2.77. The predicted molar refractivity (Wildman–Crippen MR) is 74.5 cm³/mol. The number of fused-ring (bicyclic) bond motifs is 1. The summed E-state index contributed by atoms with van der Waals surface area (Å²) < 4.78 is 0. The van der Waals surface area contributed by atoms with Crippen molar-refractivity contribution in [2.45, 2.75) is 25.4 Å². The maximum absolute atomic E-state index is 12.5. The second-order valence-electron chi connectivity index (χ2n) is 5.17. The Morgan fingerprint density at radius 2 is 2.05 bits per heavy atom. The van der Waals surface area contributed by atoms with Crippen LogP contribution in [0, 0.1) is 0 Å². The van der Waals surface area contributed by atoms with Crippen molar-refractivity contribution >= 4 is 35.3 Å². The van der Waals surface area contributed by atoms with Gasteiger partial charge in [0.15, 0.2) is 0 Å². The van der Waals surface area contributed by atoms with Crippen LogP contribution in [0.2, 0.25) is 5.02 Å². The number of benzene rings is 1. The smallest absolute Gasteiger partial charge is 0.337 e. The van der Waals surface area contributed by atoms with Crippen molar-refractivity contribution in [2.75, 3.05) is 0 Å². The van der Waals surface area contributed by atoms with Gasteiger partial charge in [-0.3, -0.25) is 19.7 Å². The van der Waals surface area contributed by atoms with Crippen LogP contribution in [-0.4, -0.2) is 39.7 Å². The third-order valence-electron chi connectivity index (χ3n) is 3.86. The summed E-state index contributed by atoms with van der Waals surface area (Å²) in [5.74, 6) is -2.60. The van der Waals surface area contributed by atoms with E-state index in [1.54, 1.807) is 0 Å². The molecule has 3 rings (SSSR count). The SMILES string of the molecule is O=C1CCC(N2Cc3ccc(C(=O)O)c(Cl)c3C2=O)C(=O)N1. The van der Waals surface area contributed by atoms with Crippen LogP contribution in [0.25, 0.3) is 0 Å². The molecule has 1 saturated heterocycles. The van der Waals surface area contributed by atoms with Gasteiger partial charge in [0.2, 0.25) is 11.8 Å². The number of nitrogens with zero attached hydrogens (tertiary/aromatic N) is 1. The zero-order chi connectivity index (χ0) is 16.0. The highest BCUT2D eigenvalue weighted by Gasteiger charge is 2.40. The average Bonchev–Trinajstić information content (AvgIpc) is 2.77. The van der Waals surface area contributed by atoms with Gasteiger partial charge in [-0.2, -0.15) is 0 Å². The Kier molecular flexibility index (Phi) is 3.37. The van der Waals surface area contributed by atoms with E-state index in [1.807, 2.05) is 0 Å². The maximum Gasteiger partial charge on any atom is 0.337 e. The average molecular weight is 323 g/mol. The molecule has 22 heavy (non-hydrogen) atoms. The van der Waals surface area contributed by atoms with E-state index >= 15 is 0 Å². The molecule has 2 aliphatic heterocycles. The van der Waals surface area contributed by atoms with Crippen LogP contribution in [0.5, 0.6) is 0 Å². The molecule has 8 heteroatoms. The van der Waals surface area contributed by atoms with E-state index in [-0.39, 0.29) is 41.4 Å². The first kappa shape index (κ1) is 14.5. The summed E-state index contributed by atoms with van der Waals surface area (Å²) in [5, 5.41) is 11.1. The van der Waals surface area contributed by atoms with Gasteiger partial charge in [0.25, 0.3) is 5.91 Å². The molecule has 1 atom stereocenters. The molecule has 114 valence electrons. The molecule has 0 bridgehead atoms. The lowest BCUT2D eigenvalue weighted by Crippen LogP contribution is -2.52. The summed E-state index contributed by atoms with van der Waals surface area (Å²) in [6.45, 7) is 0.167. The molecule has 0 aliphatic carbocycles. The number of halogens is 1. The van der Waals surface area contributed by atoms with E-state index < -0.39 is 23.8 Å². The number of carboxylic acids is 1. The van der Waals surface area contributed by atoms with Gasteiger partial charge in [-0.15, -0.1) is 0 Å². The van der Waals surface area contributed by atoms with Gasteiger partial charge in [0.1, 0.15) is 6.04 Å². The number of imide groups is 1. The maximum atomic E-state index is 12.5. The van der Waals surface area contributed by atoms with Crippen molar-refractivity contribution in [3.63, 3.8) is 0 Å². The standard InChI is InChI=1S/C14H11ClN2O5/c15-11-7(14(21)22)2-1-6-5-17(13(20)10(6)11)8-3-4-9(18)16-12(8)19/h1-2,8H,3-5H2,(H,21,22)(H,16,18,19). The fourth-order valence-corrected chi connectivity index (χ4v) is 3.12. The first-order valence-corrected chi connectivity index (χ1v) is 6.97. The van der Waals surface area contributed by atoms with Crippen molar-refractivity contribution < 1.29 is 24.3 Å². The summed E-state index contributed by atoms with van der Waals surface area (Å²) in [5.41, 5.74) is 0.537. The molecule has 1 unspecified atom stereocenters. The zero-order valence-corrected chi connectivity index (χ0v) is 12.0. The molecule has 3 amide bonds. The Hall–Kier alpha value is -2.41. The van der Waals surface area contributed by atoms with Crippen LogP contribution >= 0.6 is 11.6 Å². The van der Waals surface area contributed by atoms with Crippen LogP contribution in [0.4, 0.5) is 0 Å². The third kappa shape index (κ3) is 2.14. The number of aromatic carboxylic acids is 1.